The zero-order chi connectivity index (χ0) is 19.4. The van der Waals surface area contributed by atoms with Crippen LogP contribution in [0.5, 0.6) is 0 Å². The molecule has 0 aliphatic carbocycles. The zero-order valence-corrected chi connectivity index (χ0v) is 16.2. The van der Waals surface area contributed by atoms with Crippen molar-refractivity contribution >= 4 is 5.91 Å². The van der Waals surface area contributed by atoms with Crippen LogP contribution >= 0.6 is 0 Å². The van der Waals surface area contributed by atoms with Crippen molar-refractivity contribution in [1.82, 2.24) is 14.6 Å². The van der Waals surface area contributed by atoms with Gasteiger partial charge in [0.25, 0.3) is 5.91 Å². The van der Waals surface area contributed by atoms with Gasteiger partial charge in [0.15, 0.2) is 5.82 Å². The Kier molecular flexibility index (Phi) is 5.76. The number of aromatic nitrogens is 2. The summed E-state index contributed by atoms with van der Waals surface area (Å²) in [6, 6.07) is 13.7. The number of methoxy groups -OCH3 is 1. The molecule has 0 saturated carbocycles. The van der Waals surface area contributed by atoms with Gasteiger partial charge in [0.2, 0.25) is 0 Å². The molecule has 0 aliphatic rings. The van der Waals surface area contributed by atoms with Crippen molar-refractivity contribution in [2.45, 2.75) is 27.3 Å². The molecule has 0 atom stereocenters. The molecule has 142 valence electrons. The molecule has 2 aromatic heterocycles. The fourth-order valence-corrected chi connectivity index (χ4v) is 3.22. The van der Waals surface area contributed by atoms with Crippen LogP contribution in [0.25, 0.3) is 5.82 Å². The van der Waals surface area contributed by atoms with E-state index in [1.165, 1.54) is 0 Å². The Balaban J connectivity index is 1.91. The minimum atomic E-state index is -0.0181. The molecular weight excluding hydrogens is 342 g/mol. The van der Waals surface area contributed by atoms with Crippen molar-refractivity contribution in [2.24, 2.45) is 0 Å². The molecule has 0 spiro atoms. The van der Waals surface area contributed by atoms with Crippen LogP contribution in [-0.4, -0.2) is 40.8 Å². The van der Waals surface area contributed by atoms with Crippen molar-refractivity contribution in [3.8, 4) is 5.82 Å². The van der Waals surface area contributed by atoms with Gasteiger partial charge in [-0.05, 0) is 32.4 Å². The minimum absolute atomic E-state index is 0.0181. The summed E-state index contributed by atoms with van der Waals surface area (Å²) in [7, 11) is 1.64. The van der Waals surface area contributed by atoms with Crippen LogP contribution in [0.3, 0.4) is 0 Å². The van der Waals surface area contributed by atoms with Crippen molar-refractivity contribution in [3.63, 3.8) is 0 Å². The van der Waals surface area contributed by atoms with Crippen molar-refractivity contribution < 1.29 is 14.1 Å². The Bertz CT molecular complexity index is 912. The molecule has 0 fully saturated rings. The second-order valence-corrected chi connectivity index (χ2v) is 6.62. The van der Waals surface area contributed by atoms with E-state index in [-0.39, 0.29) is 5.91 Å². The summed E-state index contributed by atoms with van der Waals surface area (Å²) in [6.07, 6.45) is 0. The molecular formula is C21H25N3O3. The predicted molar refractivity (Wildman–Crippen MR) is 103 cm³/mol. The van der Waals surface area contributed by atoms with Gasteiger partial charge in [-0.1, -0.05) is 35.5 Å². The number of rotatable bonds is 7. The number of amides is 1. The first-order valence-corrected chi connectivity index (χ1v) is 8.96. The lowest BCUT2D eigenvalue weighted by Crippen LogP contribution is -2.33. The molecule has 27 heavy (non-hydrogen) atoms. The summed E-state index contributed by atoms with van der Waals surface area (Å²) < 4.78 is 12.3. The average molecular weight is 367 g/mol. The van der Waals surface area contributed by atoms with Crippen molar-refractivity contribution in [3.05, 3.63) is 70.7 Å². The van der Waals surface area contributed by atoms with E-state index in [1.807, 2.05) is 72.7 Å². The number of ether oxygens (including phenoxy) is 1. The zero-order valence-electron chi connectivity index (χ0n) is 16.2. The second kappa shape index (κ2) is 8.22. The lowest BCUT2D eigenvalue weighted by molar-refractivity contribution is 0.0679. The Labute approximate surface area is 159 Å². The molecule has 1 aromatic carbocycles. The van der Waals surface area contributed by atoms with Gasteiger partial charge in [-0.15, -0.1) is 0 Å². The van der Waals surface area contributed by atoms with E-state index >= 15 is 0 Å². The van der Waals surface area contributed by atoms with E-state index < -0.39 is 0 Å². The van der Waals surface area contributed by atoms with Crippen molar-refractivity contribution in [1.29, 1.82) is 0 Å². The van der Waals surface area contributed by atoms with Gasteiger partial charge in [-0.25, -0.2) is 0 Å². The first kappa shape index (κ1) is 18.9. The average Bonchev–Trinajstić information content (AvgIpc) is 3.21. The molecule has 3 aromatic rings. The highest BCUT2D eigenvalue weighted by Gasteiger charge is 2.23. The molecule has 0 N–H and O–H groups in total. The van der Waals surface area contributed by atoms with Crippen LogP contribution < -0.4 is 0 Å². The minimum Gasteiger partial charge on any atom is -0.383 e. The molecule has 0 saturated heterocycles. The first-order valence-electron chi connectivity index (χ1n) is 8.96. The maximum Gasteiger partial charge on any atom is 0.256 e. The van der Waals surface area contributed by atoms with Crippen LogP contribution in [0, 0.1) is 20.8 Å². The van der Waals surface area contributed by atoms with Crippen LogP contribution in [0.1, 0.15) is 33.1 Å². The van der Waals surface area contributed by atoms with Crippen LogP contribution in [-0.2, 0) is 11.3 Å². The fourth-order valence-electron chi connectivity index (χ4n) is 3.22. The largest absolute Gasteiger partial charge is 0.383 e. The van der Waals surface area contributed by atoms with Gasteiger partial charge < -0.3 is 14.2 Å². The van der Waals surface area contributed by atoms with Gasteiger partial charge in [0, 0.05) is 37.7 Å². The Morgan fingerprint density at radius 3 is 2.56 bits per heavy atom. The van der Waals surface area contributed by atoms with Crippen molar-refractivity contribution in [2.75, 3.05) is 20.3 Å². The summed E-state index contributed by atoms with van der Waals surface area (Å²) >= 11 is 0. The van der Waals surface area contributed by atoms with E-state index in [0.717, 1.165) is 22.7 Å². The Morgan fingerprint density at radius 1 is 1.19 bits per heavy atom. The van der Waals surface area contributed by atoms with E-state index in [4.69, 9.17) is 9.26 Å². The number of carbonyl (C=O) groups is 1. The topological polar surface area (TPSA) is 60.5 Å². The van der Waals surface area contributed by atoms with Gasteiger partial charge in [-0.2, -0.15) is 0 Å². The molecule has 2 heterocycles. The Morgan fingerprint density at radius 2 is 1.93 bits per heavy atom. The van der Waals surface area contributed by atoms with Gasteiger partial charge in [0.1, 0.15) is 5.76 Å². The molecule has 6 nitrogen and oxygen atoms in total. The van der Waals surface area contributed by atoms with Crippen LogP contribution in [0.15, 0.2) is 47.0 Å². The molecule has 0 aliphatic heterocycles. The standard InChI is InChI=1S/C21H25N3O3/c1-15-12-19(17(3)24(15)20-13-16(2)27-22-20)21(25)23(10-11-26-4)14-18-8-6-5-7-9-18/h5-9,12-13H,10-11,14H2,1-4H3. The van der Waals surface area contributed by atoms with Gasteiger partial charge in [0.05, 0.1) is 12.2 Å². The summed E-state index contributed by atoms with van der Waals surface area (Å²) in [5.74, 6) is 1.40. The molecule has 0 unspecified atom stereocenters. The Hall–Kier alpha value is -2.86. The molecule has 1 amide bonds. The highest BCUT2D eigenvalue weighted by molar-refractivity contribution is 5.96. The van der Waals surface area contributed by atoms with Gasteiger partial charge >= 0.3 is 0 Å². The van der Waals surface area contributed by atoms with Gasteiger partial charge in [-0.3, -0.25) is 9.36 Å². The number of nitrogens with zero attached hydrogens (tertiary/aromatic N) is 3. The quantitative estimate of drug-likeness (QED) is 0.639. The number of hydrogen-bond donors (Lipinski definition) is 0. The molecule has 0 radical (unpaired) electrons. The number of hydrogen-bond acceptors (Lipinski definition) is 4. The lowest BCUT2D eigenvalue weighted by atomic mass is 10.1. The summed E-state index contributed by atoms with van der Waals surface area (Å²) in [5, 5.41) is 4.09. The third kappa shape index (κ3) is 4.11. The highest BCUT2D eigenvalue weighted by atomic mass is 16.5. The maximum atomic E-state index is 13.3. The monoisotopic (exact) mass is 367 g/mol. The first-order chi connectivity index (χ1) is 13.0. The predicted octanol–water partition coefficient (Wildman–Crippen LogP) is 3.68. The normalized spacial score (nSPS) is 11.0. The third-order valence-corrected chi connectivity index (χ3v) is 4.57. The summed E-state index contributed by atoms with van der Waals surface area (Å²) in [5.41, 5.74) is 3.54. The summed E-state index contributed by atoms with van der Waals surface area (Å²) in [4.78, 5) is 15.1. The lowest BCUT2D eigenvalue weighted by Gasteiger charge is -2.22. The van der Waals surface area contributed by atoms with E-state index in [1.54, 1.807) is 7.11 Å². The number of benzene rings is 1. The van der Waals surface area contributed by atoms with Crippen LogP contribution in [0.4, 0.5) is 0 Å². The SMILES string of the molecule is COCCN(Cc1ccccc1)C(=O)c1cc(C)n(-c2cc(C)on2)c1C. The number of carbonyl (C=O) groups excluding carboxylic acids is 1. The summed E-state index contributed by atoms with van der Waals surface area (Å²) in [6.45, 7) is 7.29. The fraction of sp³-hybridized carbons (Fsp3) is 0.333. The molecule has 0 bridgehead atoms. The van der Waals surface area contributed by atoms with E-state index in [2.05, 4.69) is 5.16 Å². The smallest absolute Gasteiger partial charge is 0.256 e. The highest BCUT2D eigenvalue weighted by Crippen LogP contribution is 2.22. The third-order valence-electron chi connectivity index (χ3n) is 4.57. The van der Waals surface area contributed by atoms with Crippen LogP contribution in [0.2, 0.25) is 0 Å². The number of aryl methyl sites for hydroxylation is 2. The molecule has 3 rings (SSSR count). The van der Waals surface area contributed by atoms with E-state index in [0.29, 0.717) is 31.1 Å². The van der Waals surface area contributed by atoms with E-state index in [9.17, 15) is 4.79 Å². The molecule has 6 heteroatoms. The second-order valence-electron chi connectivity index (χ2n) is 6.62. The maximum absolute atomic E-state index is 13.3.